The van der Waals surface area contributed by atoms with E-state index in [0.717, 1.165) is 0 Å². The minimum Gasteiger partial charge on any atom is -0.444 e. The lowest BCUT2D eigenvalue weighted by Gasteiger charge is -2.34. The van der Waals surface area contributed by atoms with Crippen molar-refractivity contribution >= 4 is 6.09 Å². The minimum absolute atomic E-state index is 0.395. The monoisotopic (exact) mass is 311 g/mol. The normalized spacial score (nSPS) is 18.6. The number of alkyl carbamates (subject to hydrolysis) is 1. The fourth-order valence-electron chi connectivity index (χ4n) is 2.05. The average molecular weight is 311 g/mol. The summed E-state index contributed by atoms with van der Waals surface area (Å²) in [6, 6.07) is 0. The molecule has 0 aromatic carbocycles. The Morgan fingerprint density at radius 3 is 2.10 bits per heavy atom. The summed E-state index contributed by atoms with van der Waals surface area (Å²) in [6.45, 7) is 7.48. The minimum atomic E-state index is -4.14. The maximum Gasteiger partial charge on any atom is 0.407 e. The summed E-state index contributed by atoms with van der Waals surface area (Å²) in [4.78, 5) is 14.9. The summed E-state index contributed by atoms with van der Waals surface area (Å²) in [7, 11) is 0. The lowest BCUT2D eigenvalue weighted by atomic mass is 10.2. The zero-order valence-electron chi connectivity index (χ0n) is 12.8. The highest BCUT2D eigenvalue weighted by atomic mass is 19.4. The van der Waals surface area contributed by atoms with Crippen molar-refractivity contribution in [2.24, 2.45) is 0 Å². The molecule has 124 valence electrons. The predicted octanol–water partition coefficient (Wildman–Crippen LogP) is 1.69. The molecule has 5 nitrogen and oxygen atoms in total. The summed E-state index contributed by atoms with van der Waals surface area (Å²) in [5, 5.41) is 2.64. The first-order chi connectivity index (χ1) is 9.55. The van der Waals surface area contributed by atoms with Crippen LogP contribution in [0.3, 0.4) is 0 Å². The van der Waals surface area contributed by atoms with Crippen LogP contribution in [0.2, 0.25) is 0 Å². The Bertz CT molecular complexity index is 335. The van der Waals surface area contributed by atoms with Gasteiger partial charge in [-0.2, -0.15) is 13.2 Å². The van der Waals surface area contributed by atoms with E-state index >= 15 is 0 Å². The van der Waals surface area contributed by atoms with E-state index < -0.39 is 24.4 Å². The standard InChI is InChI=1S/C13H24F3N3O2/c1-12(2,3)21-11(20)17-4-5-18-6-8-19(9-7-18)10-13(14,15)16/h4-10H2,1-3H3,(H,17,20). The molecule has 1 amide bonds. The van der Waals surface area contributed by atoms with Gasteiger partial charge in [-0.3, -0.25) is 9.80 Å². The van der Waals surface area contributed by atoms with Gasteiger partial charge in [-0.15, -0.1) is 0 Å². The predicted molar refractivity (Wildman–Crippen MR) is 73.2 cm³/mol. The molecule has 0 spiro atoms. The number of hydrogen-bond acceptors (Lipinski definition) is 4. The van der Waals surface area contributed by atoms with Gasteiger partial charge in [-0.25, -0.2) is 4.79 Å². The van der Waals surface area contributed by atoms with Gasteiger partial charge in [0.2, 0.25) is 0 Å². The van der Waals surface area contributed by atoms with Gasteiger partial charge in [0.15, 0.2) is 0 Å². The second-order valence-electron chi connectivity index (χ2n) is 6.16. The Morgan fingerprint density at radius 2 is 1.62 bits per heavy atom. The van der Waals surface area contributed by atoms with Crippen molar-refractivity contribution in [1.29, 1.82) is 0 Å². The number of nitrogens with one attached hydrogen (secondary N) is 1. The average Bonchev–Trinajstić information content (AvgIpc) is 2.27. The Hall–Kier alpha value is -1.02. The third-order valence-corrected chi connectivity index (χ3v) is 2.96. The molecule has 0 unspecified atom stereocenters. The molecule has 21 heavy (non-hydrogen) atoms. The van der Waals surface area contributed by atoms with Crippen LogP contribution in [0.25, 0.3) is 0 Å². The molecule has 0 bridgehead atoms. The highest BCUT2D eigenvalue weighted by Crippen LogP contribution is 2.17. The van der Waals surface area contributed by atoms with E-state index in [2.05, 4.69) is 5.32 Å². The third kappa shape index (κ3) is 8.77. The summed E-state index contributed by atoms with van der Waals surface area (Å²) >= 11 is 0. The number of halogens is 3. The molecule has 1 heterocycles. The number of piperazine rings is 1. The number of amides is 1. The largest absolute Gasteiger partial charge is 0.444 e. The van der Waals surface area contributed by atoms with Gasteiger partial charge >= 0.3 is 12.3 Å². The van der Waals surface area contributed by atoms with E-state index in [1.165, 1.54) is 4.90 Å². The molecule has 0 aliphatic carbocycles. The van der Waals surface area contributed by atoms with Crippen molar-refractivity contribution in [3.63, 3.8) is 0 Å². The lowest BCUT2D eigenvalue weighted by Crippen LogP contribution is -2.50. The van der Waals surface area contributed by atoms with Crippen molar-refractivity contribution in [1.82, 2.24) is 15.1 Å². The van der Waals surface area contributed by atoms with E-state index in [0.29, 0.717) is 39.3 Å². The van der Waals surface area contributed by atoms with E-state index in [1.54, 1.807) is 20.8 Å². The van der Waals surface area contributed by atoms with Crippen LogP contribution in [-0.4, -0.2) is 73.5 Å². The topological polar surface area (TPSA) is 44.8 Å². The van der Waals surface area contributed by atoms with Crippen LogP contribution < -0.4 is 5.32 Å². The van der Waals surface area contributed by atoms with Crippen LogP contribution in [0.5, 0.6) is 0 Å². The number of alkyl halides is 3. The number of carbonyl (C=O) groups excluding carboxylic acids is 1. The summed E-state index contributed by atoms with van der Waals surface area (Å²) in [5.74, 6) is 0. The second kappa shape index (κ2) is 7.31. The van der Waals surface area contributed by atoms with Crippen molar-refractivity contribution in [3.05, 3.63) is 0 Å². The molecule has 0 aromatic heterocycles. The van der Waals surface area contributed by atoms with E-state index in [1.807, 2.05) is 4.90 Å². The first kappa shape index (κ1) is 18.0. The molecule has 0 saturated carbocycles. The molecular formula is C13H24F3N3O2. The second-order valence-corrected chi connectivity index (χ2v) is 6.16. The van der Waals surface area contributed by atoms with E-state index in [4.69, 9.17) is 4.74 Å². The number of ether oxygens (including phenoxy) is 1. The van der Waals surface area contributed by atoms with Crippen LogP contribution in [0.1, 0.15) is 20.8 Å². The summed E-state index contributed by atoms with van der Waals surface area (Å²) in [5.41, 5.74) is -0.534. The molecule has 1 aliphatic rings. The molecular weight excluding hydrogens is 287 g/mol. The molecule has 0 radical (unpaired) electrons. The van der Waals surface area contributed by atoms with Crippen molar-refractivity contribution in [2.45, 2.75) is 32.5 Å². The molecule has 8 heteroatoms. The van der Waals surface area contributed by atoms with Gasteiger partial charge < -0.3 is 10.1 Å². The maximum atomic E-state index is 12.2. The van der Waals surface area contributed by atoms with Crippen LogP contribution >= 0.6 is 0 Å². The quantitative estimate of drug-likeness (QED) is 0.858. The number of rotatable bonds is 4. The Morgan fingerprint density at radius 1 is 1.10 bits per heavy atom. The summed E-state index contributed by atoms with van der Waals surface area (Å²) in [6.07, 6.45) is -4.61. The van der Waals surface area contributed by atoms with Crippen molar-refractivity contribution < 1.29 is 22.7 Å². The number of nitrogens with zero attached hydrogens (tertiary/aromatic N) is 2. The van der Waals surface area contributed by atoms with Gasteiger partial charge in [0.25, 0.3) is 0 Å². The highest BCUT2D eigenvalue weighted by Gasteiger charge is 2.32. The number of carbonyl (C=O) groups is 1. The van der Waals surface area contributed by atoms with Gasteiger partial charge in [0, 0.05) is 39.3 Å². The van der Waals surface area contributed by atoms with Crippen LogP contribution in [0.4, 0.5) is 18.0 Å². The lowest BCUT2D eigenvalue weighted by molar-refractivity contribution is -0.149. The first-order valence-electron chi connectivity index (χ1n) is 7.03. The van der Waals surface area contributed by atoms with Gasteiger partial charge in [0.05, 0.1) is 6.54 Å². The van der Waals surface area contributed by atoms with Crippen LogP contribution in [0.15, 0.2) is 0 Å². The van der Waals surface area contributed by atoms with E-state index in [-0.39, 0.29) is 0 Å². The van der Waals surface area contributed by atoms with Gasteiger partial charge in [-0.1, -0.05) is 0 Å². The number of hydrogen-bond donors (Lipinski definition) is 1. The molecule has 1 fully saturated rings. The molecule has 1 aliphatic heterocycles. The van der Waals surface area contributed by atoms with Gasteiger partial charge in [0.1, 0.15) is 5.60 Å². The molecule has 0 atom stereocenters. The van der Waals surface area contributed by atoms with E-state index in [9.17, 15) is 18.0 Å². The Labute approximate surface area is 123 Å². The van der Waals surface area contributed by atoms with Crippen molar-refractivity contribution in [3.8, 4) is 0 Å². The molecule has 1 rings (SSSR count). The fraction of sp³-hybridized carbons (Fsp3) is 0.923. The van der Waals surface area contributed by atoms with Crippen LogP contribution in [-0.2, 0) is 4.74 Å². The zero-order chi connectivity index (χ0) is 16.1. The Kier molecular flexibility index (Phi) is 6.27. The summed E-state index contributed by atoms with van der Waals surface area (Å²) < 4.78 is 41.8. The zero-order valence-corrected chi connectivity index (χ0v) is 12.8. The maximum absolute atomic E-state index is 12.2. The first-order valence-corrected chi connectivity index (χ1v) is 7.03. The van der Waals surface area contributed by atoms with Gasteiger partial charge in [-0.05, 0) is 20.8 Å². The molecule has 1 saturated heterocycles. The van der Waals surface area contributed by atoms with Crippen molar-refractivity contribution in [2.75, 3.05) is 45.8 Å². The smallest absolute Gasteiger partial charge is 0.407 e. The highest BCUT2D eigenvalue weighted by molar-refractivity contribution is 5.67. The molecule has 0 aromatic rings. The van der Waals surface area contributed by atoms with Crippen LogP contribution in [0, 0.1) is 0 Å². The Balaban J connectivity index is 2.15. The third-order valence-electron chi connectivity index (χ3n) is 2.96. The SMILES string of the molecule is CC(C)(C)OC(=O)NCCN1CCN(CC(F)(F)F)CC1. The fourth-order valence-corrected chi connectivity index (χ4v) is 2.05. The molecule has 1 N–H and O–H groups in total.